The molecule has 142 valence electrons. The van der Waals surface area contributed by atoms with E-state index in [0.717, 1.165) is 5.56 Å². The number of aromatic nitrogens is 1. The molecule has 1 heterocycles. The van der Waals surface area contributed by atoms with Crippen molar-refractivity contribution in [1.82, 2.24) is 4.98 Å². The number of carbonyl (C=O) groups is 2. The van der Waals surface area contributed by atoms with Gasteiger partial charge < -0.3 is 10.6 Å². The Hall–Kier alpha value is -3.47. The van der Waals surface area contributed by atoms with E-state index in [-0.39, 0.29) is 17.2 Å². The average molecular weight is 373 g/mol. The maximum atomic E-state index is 12.7. The molecule has 0 atom stereocenters. The van der Waals surface area contributed by atoms with Crippen LogP contribution in [0.15, 0.2) is 73.1 Å². The average Bonchev–Trinajstić information content (AvgIpc) is 2.68. The van der Waals surface area contributed by atoms with E-state index in [2.05, 4.69) is 36.4 Å². The second-order valence-electron chi connectivity index (χ2n) is 7.52. The molecule has 0 bridgehead atoms. The highest BCUT2D eigenvalue weighted by Gasteiger charge is 2.16. The van der Waals surface area contributed by atoms with Crippen molar-refractivity contribution in [3.05, 3.63) is 89.7 Å². The molecule has 0 unspecified atom stereocenters. The van der Waals surface area contributed by atoms with E-state index in [1.165, 1.54) is 0 Å². The minimum absolute atomic E-state index is 0.0198. The summed E-state index contributed by atoms with van der Waals surface area (Å²) in [4.78, 5) is 29.3. The Balaban J connectivity index is 1.77. The first-order valence-electron chi connectivity index (χ1n) is 9.07. The molecule has 0 saturated heterocycles. The number of hydrogen-bond acceptors (Lipinski definition) is 3. The van der Waals surface area contributed by atoms with Gasteiger partial charge >= 0.3 is 0 Å². The lowest BCUT2D eigenvalue weighted by Crippen LogP contribution is -2.18. The first-order valence-corrected chi connectivity index (χ1v) is 9.07. The van der Waals surface area contributed by atoms with Crippen molar-refractivity contribution in [2.24, 2.45) is 0 Å². The molecule has 5 nitrogen and oxygen atoms in total. The third-order valence-electron chi connectivity index (χ3n) is 4.35. The second-order valence-corrected chi connectivity index (χ2v) is 7.52. The summed E-state index contributed by atoms with van der Waals surface area (Å²) in [7, 11) is 0. The van der Waals surface area contributed by atoms with E-state index >= 15 is 0 Å². The minimum atomic E-state index is -0.313. The van der Waals surface area contributed by atoms with Gasteiger partial charge in [0, 0.05) is 11.8 Å². The number of benzene rings is 2. The SMILES string of the molecule is CC(C)(C)c1ccc(C(=O)Nc2ccccc2C(=O)Nc2cccnc2)cc1. The zero-order valence-electron chi connectivity index (χ0n) is 16.2. The Morgan fingerprint density at radius 2 is 1.54 bits per heavy atom. The number of amides is 2. The predicted octanol–water partition coefficient (Wildman–Crippen LogP) is 4.88. The summed E-state index contributed by atoms with van der Waals surface area (Å²) >= 11 is 0. The molecule has 1 aromatic heterocycles. The van der Waals surface area contributed by atoms with Gasteiger partial charge in [0.1, 0.15) is 0 Å². The van der Waals surface area contributed by atoms with Gasteiger partial charge in [-0.2, -0.15) is 0 Å². The number of para-hydroxylation sites is 1. The third kappa shape index (κ3) is 4.62. The van der Waals surface area contributed by atoms with Gasteiger partial charge in [-0.1, -0.05) is 45.0 Å². The molecule has 3 aromatic rings. The fourth-order valence-electron chi connectivity index (χ4n) is 2.74. The standard InChI is InChI=1S/C23H23N3O2/c1-23(2,3)17-12-10-16(11-13-17)21(27)26-20-9-5-4-8-19(20)22(28)25-18-7-6-14-24-15-18/h4-15H,1-3H3,(H,25,28)(H,26,27). The van der Waals surface area contributed by atoms with E-state index in [1.54, 1.807) is 60.9 Å². The van der Waals surface area contributed by atoms with Gasteiger partial charge in [-0.25, -0.2) is 0 Å². The molecular weight excluding hydrogens is 350 g/mol. The van der Waals surface area contributed by atoms with Crippen LogP contribution in [0.1, 0.15) is 47.1 Å². The number of nitrogens with one attached hydrogen (secondary N) is 2. The van der Waals surface area contributed by atoms with Gasteiger partial charge in [0.15, 0.2) is 0 Å². The van der Waals surface area contributed by atoms with E-state index in [1.807, 2.05) is 12.1 Å². The molecule has 0 aliphatic carbocycles. The van der Waals surface area contributed by atoms with Crippen LogP contribution >= 0.6 is 0 Å². The van der Waals surface area contributed by atoms with Crippen LogP contribution in [0.2, 0.25) is 0 Å². The lowest BCUT2D eigenvalue weighted by atomic mass is 9.86. The van der Waals surface area contributed by atoms with Gasteiger partial charge in [-0.3, -0.25) is 14.6 Å². The maximum Gasteiger partial charge on any atom is 0.257 e. The Bertz CT molecular complexity index is 975. The number of rotatable bonds is 4. The van der Waals surface area contributed by atoms with Crippen molar-refractivity contribution in [2.45, 2.75) is 26.2 Å². The second kappa shape index (κ2) is 8.05. The normalized spacial score (nSPS) is 11.0. The Morgan fingerprint density at radius 3 is 2.18 bits per heavy atom. The highest BCUT2D eigenvalue weighted by atomic mass is 16.2. The molecule has 2 aromatic carbocycles. The summed E-state index contributed by atoms with van der Waals surface area (Å²) in [5.41, 5.74) is 3.13. The monoisotopic (exact) mass is 373 g/mol. The van der Waals surface area contributed by atoms with Crippen LogP contribution in [0.3, 0.4) is 0 Å². The largest absolute Gasteiger partial charge is 0.321 e. The van der Waals surface area contributed by atoms with Gasteiger partial charge in [0.25, 0.3) is 11.8 Å². The first-order chi connectivity index (χ1) is 13.3. The summed E-state index contributed by atoms with van der Waals surface area (Å²) in [6, 6.07) is 17.9. The van der Waals surface area contributed by atoms with Crippen LogP contribution in [0.4, 0.5) is 11.4 Å². The number of carbonyl (C=O) groups excluding carboxylic acids is 2. The Labute approximate surface area is 164 Å². The number of pyridine rings is 1. The molecule has 2 amide bonds. The van der Waals surface area contributed by atoms with Gasteiger partial charge in [-0.05, 0) is 47.4 Å². The van der Waals surface area contributed by atoms with Crippen LogP contribution < -0.4 is 10.6 Å². The van der Waals surface area contributed by atoms with Gasteiger partial charge in [0.05, 0.1) is 23.1 Å². The lowest BCUT2D eigenvalue weighted by Gasteiger charge is -2.19. The smallest absolute Gasteiger partial charge is 0.257 e. The van der Waals surface area contributed by atoms with Gasteiger partial charge in [-0.15, -0.1) is 0 Å². The summed E-state index contributed by atoms with van der Waals surface area (Å²) < 4.78 is 0. The molecule has 0 radical (unpaired) electrons. The van der Waals surface area contributed by atoms with E-state index < -0.39 is 0 Å². The third-order valence-corrected chi connectivity index (χ3v) is 4.35. The number of hydrogen-bond donors (Lipinski definition) is 2. The Morgan fingerprint density at radius 1 is 0.821 bits per heavy atom. The zero-order valence-corrected chi connectivity index (χ0v) is 16.2. The summed E-state index contributed by atoms with van der Waals surface area (Å²) in [6.07, 6.45) is 3.20. The van der Waals surface area contributed by atoms with Crippen LogP contribution in [0.25, 0.3) is 0 Å². The van der Waals surface area contributed by atoms with Crippen molar-refractivity contribution in [1.29, 1.82) is 0 Å². The van der Waals surface area contributed by atoms with E-state index in [0.29, 0.717) is 22.5 Å². The molecule has 0 fully saturated rings. The van der Waals surface area contributed by atoms with Crippen LogP contribution in [-0.2, 0) is 5.41 Å². The molecular formula is C23H23N3O2. The van der Waals surface area contributed by atoms with Crippen LogP contribution in [0.5, 0.6) is 0 Å². The molecule has 5 heteroatoms. The summed E-state index contributed by atoms with van der Waals surface area (Å²) in [5, 5.41) is 5.62. The van der Waals surface area contributed by atoms with Crippen molar-refractivity contribution >= 4 is 23.2 Å². The van der Waals surface area contributed by atoms with Crippen molar-refractivity contribution in [2.75, 3.05) is 10.6 Å². The fourth-order valence-corrected chi connectivity index (χ4v) is 2.74. The van der Waals surface area contributed by atoms with Crippen molar-refractivity contribution in [3.8, 4) is 0 Å². The highest BCUT2D eigenvalue weighted by molar-refractivity contribution is 6.12. The molecule has 3 rings (SSSR count). The van der Waals surface area contributed by atoms with E-state index in [9.17, 15) is 9.59 Å². The lowest BCUT2D eigenvalue weighted by molar-refractivity contribution is 0.102. The molecule has 0 aliphatic rings. The maximum absolute atomic E-state index is 12.7. The number of nitrogens with zero attached hydrogens (tertiary/aromatic N) is 1. The zero-order chi connectivity index (χ0) is 20.1. The molecule has 0 spiro atoms. The first kappa shape index (κ1) is 19.3. The molecule has 0 saturated carbocycles. The van der Waals surface area contributed by atoms with E-state index in [4.69, 9.17) is 0 Å². The number of anilines is 2. The van der Waals surface area contributed by atoms with Crippen LogP contribution in [-0.4, -0.2) is 16.8 Å². The Kier molecular flexibility index (Phi) is 5.54. The van der Waals surface area contributed by atoms with Crippen LogP contribution in [0, 0.1) is 0 Å². The minimum Gasteiger partial charge on any atom is -0.321 e. The predicted molar refractivity (Wildman–Crippen MR) is 112 cm³/mol. The van der Waals surface area contributed by atoms with Gasteiger partial charge in [0.2, 0.25) is 0 Å². The van der Waals surface area contributed by atoms with Crippen molar-refractivity contribution < 1.29 is 9.59 Å². The molecule has 0 aliphatic heterocycles. The topological polar surface area (TPSA) is 71.1 Å². The quantitative estimate of drug-likeness (QED) is 0.684. The highest BCUT2D eigenvalue weighted by Crippen LogP contribution is 2.23. The molecule has 28 heavy (non-hydrogen) atoms. The summed E-state index contributed by atoms with van der Waals surface area (Å²) in [6.45, 7) is 6.37. The molecule has 2 N–H and O–H groups in total. The summed E-state index contributed by atoms with van der Waals surface area (Å²) in [5.74, 6) is -0.575. The fraction of sp³-hybridized carbons (Fsp3) is 0.174. The van der Waals surface area contributed by atoms with Crippen molar-refractivity contribution in [3.63, 3.8) is 0 Å².